The van der Waals surface area contributed by atoms with E-state index in [0.717, 1.165) is 44.9 Å². The van der Waals surface area contributed by atoms with Crippen LogP contribution in [0.4, 0.5) is 0 Å². The molecule has 2 aromatic rings. The molecule has 2 aromatic carbocycles. The Labute approximate surface area is 154 Å². The summed E-state index contributed by atoms with van der Waals surface area (Å²) in [7, 11) is 0. The molecule has 0 atom stereocenters. The van der Waals surface area contributed by atoms with Crippen LogP contribution in [-0.4, -0.2) is 26.2 Å². The molecule has 136 valence electrons. The van der Waals surface area contributed by atoms with Gasteiger partial charge in [0.1, 0.15) is 0 Å². The molecule has 2 heteroatoms. The summed E-state index contributed by atoms with van der Waals surface area (Å²) in [6, 6.07) is 21.5. The normalized spacial score (nSPS) is 11.1. The van der Waals surface area contributed by atoms with E-state index in [2.05, 4.69) is 78.2 Å². The zero-order valence-corrected chi connectivity index (χ0v) is 15.7. The summed E-state index contributed by atoms with van der Waals surface area (Å²) >= 11 is 0. The summed E-state index contributed by atoms with van der Waals surface area (Å²) < 4.78 is 0. The molecule has 0 fully saturated rings. The molecule has 0 heterocycles. The van der Waals surface area contributed by atoms with Crippen molar-refractivity contribution < 1.29 is 0 Å². The second-order valence-corrected chi connectivity index (χ2v) is 6.89. The maximum atomic E-state index is 3.66. The highest BCUT2D eigenvalue weighted by Gasteiger charge is 2.07. The van der Waals surface area contributed by atoms with Gasteiger partial charge in [-0.05, 0) is 62.5 Å². The average Bonchev–Trinajstić information content (AvgIpc) is 2.67. The molecule has 0 aromatic heterocycles. The molecular formula is C23H34N2. The molecule has 0 saturated carbocycles. The zero-order chi connectivity index (χ0) is 17.6. The first-order valence-corrected chi connectivity index (χ1v) is 9.87. The molecule has 0 spiro atoms. The van der Waals surface area contributed by atoms with Crippen LogP contribution in [0.25, 0.3) is 0 Å². The monoisotopic (exact) mass is 338 g/mol. The molecule has 2 N–H and O–H groups in total. The van der Waals surface area contributed by atoms with Crippen LogP contribution >= 0.6 is 0 Å². The first-order valence-electron chi connectivity index (χ1n) is 9.87. The first-order chi connectivity index (χ1) is 12.4. The van der Waals surface area contributed by atoms with Gasteiger partial charge in [-0.2, -0.15) is 0 Å². The third-order valence-corrected chi connectivity index (χ3v) is 4.70. The molecule has 0 aliphatic rings. The fraction of sp³-hybridized carbons (Fsp3) is 0.478. The lowest BCUT2D eigenvalue weighted by atomic mass is 10.0. The fourth-order valence-corrected chi connectivity index (χ4v) is 3.14. The van der Waals surface area contributed by atoms with Crippen molar-refractivity contribution in [1.29, 1.82) is 0 Å². The van der Waals surface area contributed by atoms with Crippen molar-refractivity contribution in [2.75, 3.05) is 26.2 Å². The number of hydrogen-bond acceptors (Lipinski definition) is 2. The minimum Gasteiger partial charge on any atom is -0.316 e. The highest BCUT2D eigenvalue weighted by molar-refractivity contribution is 5.15. The standard InChI is InChI=1S/C23H34N2/c1-2-3-10-23(19-24-17-15-21-11-6-4-7-12-21)20-25-18-16-22-13-8-5-9-14-22/h4-9,11-14,23-25H,2-3,10,15-20H2,1H3. The maximum Gasteiger partial charge on any atom is -0.000823 e. The van der Waals surface area contributed by atoms with Crippen LogP contribution in [0.2, 0.25) is 0 Å². The van der Waals surface area contributed by atoms with Crippen LogP contribution in [0.5, 0.6) is 0 Å². The van der Waals surface area contributed by atoms with Crippen LogP contribution in [0.15, 0.2) is 60.7 Å². The van der Waals surface area contributed by atoms with Crippen LogP contribution in [0.3, 0.4) is 0 Å². The van der Waals surface area contributed by atoms with Gasteiger partial charge in [0.25, 0.3) is 0 Å². The van der Waals surface area contributed by atoms with Crippen LogP contribution in [0.1, 0.15) is 37.3 Å². The zero-order valence-electron chi connectivity index (χ0n) is 15.7. The molecule has 0 bridgehead atoms. The second-order valence-electron chi connectivity index (χ2n) is 6.89. The Morgan fingerprint density at radius 3 is 1.64 bits per heavy atom. The lowest BCUT2D eigenvalue weighted by molar-refractivity contribution is 0.407. The minimum absolute atomic E-state index is 0.728. The Kier molecular flexibility index (Phi) is 9.99. The van der Waals surface area contributed by atoms with Crippen molar-refractivity contribution in [3.8, 4) is 0 Å². The van der Waals surface area contributed by atoms with Gasteiger partial charge < -0.3 is 10.6 Å². The van der Waals surface area contributed by atoms with Crippen molar-refractivity contribution >= 4 is 0 Å². The Bertz CT molecular complexity index is 491. The predicted octanol–water partition coefficient (Wildman–Crippen LogP) is 4.46. The van der Waals surface area contributed by atoms with Gasteiger partial charge >= 0.3 is 0 Å². The number of unbranched alkanes of at least 4 members (excludes halogenated alkanes) is 1. The summed E-state index contributed by atoms with van der Waals surface area (Å²) in [4.78, 5) is 0. The molecule has 2 nitrogen and oxygen atoms in total. The smallest absolute Gasteiger partial charge is 0.000823 e. The molecule has 0 radical (unpaired) electrons. The summed E-state index contributed by atoms with van der Waals surface area (Å²) in [5.41, 5.74) is 2.84. The molecule has 0 unspecified atom stereocenters. The van der Waals surface area contributed by atoms with E-state index in [1.54, 1.807) is 0 Å². The summed E-state index contributed by atoms with van der Waals surface area (Å²) in [5, 5.41) is 7.32. The molecular weight excluding hydrogens is 304 g/mol. The lowest BCUT2D eigenvalue weighted by Crippen LogP contribution is -2.33. The quantitative estimate of drug-likeness (QED) is 0.527. The van der Waals surface area contributed by atoms with Crippen molar-refractivity contribution in [3.63, 3.8) is 0 Å². The van der Waals surface area contributed by atoms with Crippen LogP contribution < -0.4 is 10.6 Å². The largest absolute Gasteiger partial charge is 0.316 e. The Morgan fingerprint density at radius 1 is 0.720 bits per heavy atom. The summed E-state index contributed by atoms with van der Waals surface area (Å²) in [5.74, 6) is 0.728. The highest BCUT2D eigenvalue weighted by atomic mass is 14.9. The maximum absolute atomic E-state index is 3.66. The van der Waals surface area contributed by atoms with Crippen molar-refractivity contribution in [2.24, 2.45) is 5.92 Å². The first kappa shape index (κ1) is 19.7. The summed E-state index contributed by atoms with van der Waals surface area (Å²) in [6.45, 7) is 6.65. The van der Waals surface area contributed by atoms with Gasteiger partial charge in [0, 0.05) is 0 Å². The van der Waals surface area contributed by atoms with Crippen molar-refractivity contribution in [1.82, 2.24) is 10.6 Å². The van der Waals surface area contributed by atoms with E-state index in [1.165, 1.54) is 30.4 Å². The molecule has 0 amide bonds. The van der Waals surface area contributed by atoms with Gasteiger partial charge in [-0.3, -0.25) is 0 Å². The Balaban J connectivity index is 1.61. The van der Waals surface area contributed by atoms with E-state index in [4.69, 9.17) is 0 Å². The van der Waals surface area contributed by atoms with Gasteiger partial charge in [0.05, 0.1) is 0 Å². The van der Waals surface area contributed by atoms with Gasteiger partial charge in [-0.15, -0.1) is 0 Å². The van der Waals surface area contributed by atoms with Gasteiger partial charge in [-0.1, -0.05) is 80.4 Å². The van der Waals surface area contributed by atoms with Gasteiger partial charge in [0.15, 0.2) is 0 Å². The highest BCUT2D eigenvalue weighted by Crippen LogP contribution is 2.07. The van der Waals surface area contributed by atoms with E-state index in [0.29, 0.717) is 0 Å². The Morgan fingerprint density at radius 2 is 1.20 bits per heavy atom. The van der Waals surface area contributed by atoms with Gasteiger partial charge in [-0.25, -0.2) is 0 Å². The number of benzene rings is 2. The fourth-order valence-electron chi connectivity index (χ4n) is 3.14. The molecule has 0 aliphatic heterocycles. The lowest BCUT2D eigenvalue weighted by Gasteiger charge is -2.18. The van der Waals surface area contributed by atoms with E-state index in [9.17, 15) is 0 Å². The van der Waals surface area contributed by atoms with E-state index in [1.807, 2.05) is 0 Å². The van der Waals surface area contributed by atoms with E-state index >= 15 is 0 Å². The summed E-state index contributed by atoms with van der Waals surface area (Å²) in [6.07, 6.45) is 6.15. The van der Waals surface area contributed by atoms with Crippen molar-refractivity contribution in [3.05, 3.63) is 71.8 Å². The molecule has 0 aliphatic carbocycles. The Hall–Kier alpha value is -1.64. The third-order valence-electron chi connectivity index (χ3n) is 4.70. The molecule has 25 heavy (non-hydrogen) atoms. The average molecular weight is 339 g/mol. The third kappa shape index (κ3) is 8.85. The molecule has 0 saturated heterocycles. The van der Waals surface area contributed by atoms with Crippen LogP contribution in [0, 0.1) is 5.92 Å². The predicted molar refractivity (Wildman–Crippen MR) is 109 cm³/mol. The van der Waals surface area contributed by atoms with Crippen LogP contribution in [-0.2, 0) is 12.8 Å². The SMILES string of the molecule is CCCCC(CNCCc1ccccc1)CNCCc1ccccc1. The molecule has 2 rings (SSSR count). The topological polar surface area (TPSA) is 24.1 Å². The number of nitrogens with one attached hydrogen (secondary N) is 2. The van der Waals surface area contributed by atoms with Gasteiger partial charge in [0.2, 0.25) is 0 Å². The second kappa shape index (κ2) is 12.7. The number of rotatable bonds is 13. The van der Waals surface area contributed by atoms with E-state index in [-0.39, 0.29) is 0 Å². The van der Waals surface area contributed by atoms with Crippen molar-refractivity contribution in [2.45, 2.75) is 39.0 Å². The van der Waals surface area contributed by atoms with E-state index < -0.39 is 0 Å². The number of hydrogen-bond donors (Lipinski definition) is 2. The minimum atomic E-state index is 0.728.